The number of hydrogen-bond donors (Lipinski definition) is 1. The van der Waals surface area contributed by atoms with Crippen LogP contribution in [-0.2, 0) is 0 Å². The summed E-state index contributed by atoms with van der Waals surface area (Å²) >= 11 is 1.61. The molecule has 4 nitrogen and oxygen atoms in total. The van der Waals surface area contributed by atoms with Gasteiger partial charge in [-0.1, -0.05) is 30.8 Å². The van der Waals surface area contributed by atoms with Crippen LogP contribution in [-0.4, -0.2) is 24.4 Å². The fourth-order valence-electron chi connectivity index (χ4n) is 1.89. The van der Waals surface area contributed by atoms with E-state index in [4.69, 9.17) is 9.15 Å². The van der Waals surface area contributed by atoms with E-state index in [9.17, 15) is 0 Å². The van der Waals surface area contributed by atoms with E-state index in [2.05, 4.69) is 29.4 Å². The van der Waals surface area contributed by atoms with Crippen molar-refractivity contribution in [3.63, 3.8) is 0 Å². The maximum absolute atomic E-state index is 5.29. The molecule has 2 rings (SSSR count). The third kappa shape index (κ3) is 4.28. The van der Waals surface area contributed by atoms with Crippen molar-refractivity contribution in [3.05, 3.63) is 42.3 Å². The van der Waals surface area contributed by atoms with E-state index < -0.39 is 0 Å². The third-order valence-corrected chi connectivity index (χ3v) is 3.87. The van der Waals surface area contributed by atoms with Crippen molar-refractivity contribution in [1.82, 2.24) is 10.3 Å². The van der Waals surface area contributed by atoms with Crippen LogP contribution in [0.3, 0.4) is 0 Å². The van der Waals surface area contributed by atoms with Gasteiger partial charge in [-0.2, -0.15) is 0 Å². The summed E-state index contributed by atoms with van der Waals surface area (Å²) in [5.74, 6) is 1.75. The first-order valence-corrected chi connectivity index (χ1v) is 7.71. The fraction of sp³-hybridized carbons (Fsp3) is 0.400. The van der Waals surface area contributed by atoms with Gasteiger partial charge in [0.15, 0.2) is 0 Å². The molecule has 1 heterocycles. The average Bonchev–Trinajstić information content (AvgIpc) is 3.01. The Hall–Kier alpha value is -1.46. The standard InChI is InChI=1S/C15H20N2O2S/c1-3-7-16-14(11-20-15-17-8-9-19-15)12-5-4-6-13(10-12)18-2/h4-6,8-10,14,16H,3,7,11H2,1-2H3. The smallest absolute Gasteiger partial charge is 0.255 e. The minimum Gasteiger partial charge on any atom is -0.497 e. The summed E-state index contributed by atoms with van der Waals surface area (Å²) in [7, 11) is 1.69. The topological polar surface area (TPSA) is 47.3 Å². The number of nitrogens with one attached hydrogen (secondary N) is 1. The number of methoxy groups -OCH3 is 1. The number of ether oxygens (including phenoxy) is 1. The lowest BCUT2D eigenvalue weighted by Gasteiger charge is -2.18. The first-order valence-electron chi connectivity index (χ1n) is 6.73. The summed E-state index contributed by atoms with van der Waals surface area (Å²) in [4.78, 5) is 4.14. The van der Waals surface area contributed by atoms with Crippen molar-refractivity contribution >= 4 is 11.8 Å². The van der Waals surface area contributed by atoms with E-state index in [0.29, 0.717) is 5.22 Å². The Kier molecular flexibility index (Phi) is 5.95. The van der Waals surface area contributed by atoms with Crippen LogP contribution < -0.4 is 10.1 Å². The Morgan fingerprint density at radius 2 is 2.35 bits per heavy atom. The molecule has 0 spiro atoms. The molecule has 0 aliphatic carbocycles. The molecule has 1 N–H and O–H groups in total. The highest BCUT2D eigenvalue weighted by Crippen LogP contribution is 2.25. The van der Waals surface area contributed by atoms with Crippen molar-refractivity contribution in [2.45, 2.75) is 24.6 Å². The van der Waals surface area contributed by atoms with Crippen molar-refractivity contribution in [1.29, 1.82) is 0 Å². The number of oxazole rings is 1. The molecule has 0 amide bonds. The number of hydrogen-bond acceptors (Lipinski definition) is 5. The summed E-state index contributed by atoms with van der Waals surface area (Å²) in [6.07, 6.45) is 4.37. The second-order valence-electron chi connectivity index (χ2n) is 4.39. The van der Waals surface area contributed by atoms with E-state index >= 15 is 0 Å². The zero-order valence-electron chi connectivity index (χ0n) is 11.8. The summed E-state index contributed by atoms with van der Waals surface area (Å²) in [5.41, 5.74) is 1.22. The van der Waals surface area contributed by atoms with Crippen LogP contribution >= 0.6 is 11.8 Å². The predicted molar refractivity (Wildman–Crippen MR) is 81.3 cm³/mol. The molecule has 0 saturated heterocycles. The lowest BCUT2D eigenvalue weighted by Crippen LogP contribution is -2.24. The van der Waals surface area contributed by atoms with Crippen LogP contribution in [0.1, 0.15) is 24.9 Å². The number of nitrogens with zero attached hydrogens (tertiary/aromatic N) is 1. The third-order valence-electron chi connectivity index (χ3n) is 2.92. The molecule has 1 aromatic carbocycles. The Morgan fingerprint density at radius 1 is 1.45 bits per heavy atom. The van der Waals surface area contributed by atoms with E-state index in [-0.39, 0.29) is 6.04 Å². The number of thioether (sulfide) groups is 1. The molecule has 1 unspecified atom stereocenters. The maximum atomic E-state index is 5.29. The zero-order chi connectivity index (χ0) is 14.2. The van der Waals surface area contributed by atoms with Crippen LogP contribution in [0.15, 0.2) is 46.4 Å². The maximum Gasteiger partial charge on any atom is 0.255 e. The van der Waals surface area contributed by atoms with Crippen molar-refractivity contribution < 1.29 is 9.15 Å². The molecule has 0 aliphatic rings. The van der Waals surface area contributed by atoms with E-state index in [1.807, 2.05) is 12.1 Å². The fourth-order valence-corrected chi connectivity index (χ4v) is 2.76. The molecule has 5 heteroatoms. The molecule has 0 bridgehead atoms. The first kappa shape index (κ1) is 14.9. The molecule has 2 aromatic rings. The number of benzene rings is 1. The van der Waals surface area contributed by atoms with Gasteiger partial charge < -0.3 is 14.5 Å². The predicted octanol–water partition coefficient (Wildman–Crippen LogP) is 3.52. The van der Waals surface area contributed by atoms with E-state index in [1.165, 1.54) is 5.56 Å². The van der Waals surface area contributed by atoms with Gasteiger partial charge in [-0.15, -0.1) is 0 Å². The number of rotatable bonds is 8. The second kappa shape index (κ2) is 7.97. The van der Waals surface area contributed by atoms with Crippen LogP contribution in [0.25, 0.3) is 0 Å². The Morgan fingerprint density at radius 3 is 3.05 bits per heavy atom. The monoisotopic (exact) mass is 292 g/mol. The molecule has 0 radical (unpaired) electrons. The molecule has 20 heavy (non-hydrogen) atoms. The molecule has 0 fully saturated rings. The van der Waals surface area contributed by atoms with Gasteiger partial charge in [-0.3, -0.25) is 0 Å². The largest absolute Gasteiger partial charge is 0.497 e. The average molecular weight is 292 g/mol. The van der Waals surface area contributed by atoms with Crippen LogP contribution in [0.4, 0.5) is 0 Å². The summed E-state index contributed by atoms with van der Waals surface area (Å²) in [6, 6.07) is 8.42. The Labute approximate surface area is 123 Å². The molecule has 0 saturated carbocycles. The van der Waals surface area contributed by atoms with Gasteiger partial charge in [0.1, 0.15) is 12.0 Å². The normalized spacial score (nSPS) is 12.3. The molecular formula is C15H20N2O2S. The molecule has 0 aliphatic heterocycles. The van der Waals surface area contributed by atoms with Crippen LogP contribution in [0.2, 0.25) is 0 Å². The van der Waals surface area contributed by atoms with Crippen LogP contribution in [0.5, 0.6) is 5.75 Å². The molecule has 1 aromatic heterocycles. The summed E-state index contributed by atoms with van der Waals surface area (Å²) in [6.45, 7) is 3.14. The molecule has 1 atom stereocenters. The second-order valence-corrected chi connectivity index (χ2v) is 5.36. The highest BCUT2D eigenvalue weighted by atomic mass is 32.2. The first-order chi connectivity index (χ1) is 9.83. The van der Waals surface area contributed by atoms with Gasteiger partial charge in [0.25, 0.3) is 5.22 Å². The van der Waals surface area contributed by atoms with Gasteiger partial charge in [0.2, 0.25) is 0 Å². The van der Waals surface area contributed by atoms with Gasteiger partial charge in [0.05, 0.1) is 13.3 Å². The molecule has 108 valence electrons. The van der Waals surface area contributed by atoms with Gasteiger partial charge in [-0.25, -0.2) is 4.98 Å². The highest BCUT2D eigenvalue weighted by molar-refractivity contribution is 7.99. The van der Waals surface area contributed by atoms with Crippen LogP contribution in [0, 0.1) is 0 Å². The number of aromatic nitrogens is 1. The van der Waals surface area contributed by atoms with Gasteiger partial charge in [-0.05, 0) is 30.7 Å². The lowest BCUT2D eigenvalue weighted by molar-refractivity contribution is 0.413. The van der Waals surface area contributed by atoms with Crippen molar-refractivity contribution in [2.24, 2.45) is 0 Å². The van der Waals surface area contributed by atoms with Crippen molar-refractivity contribution in [3.8, 4) is 5.75 Å². The van der Waals surface area contributed by atoms with E-state index in [1.54, 1.807) is 31.3 Å². The summed E-state index contributed by atoms with van der Waals surface area (Å²) in [5, 5.41) is 4.26. The Bertz CT molecular complexity index is 502. The zero-order valence-corrected chi connectivity index (χ0v) is 12.7. The molecular weight excluding hydrogens is 272 g/mol. The van der Waals surface area contributed by atoms with E-state index in [0.717, 1.165) is 24.5 Å². The minimum absolute atomic E-state index is 0.252. The minimum atomic E-state index is 0.252. The highest BCUT2D eigenvalue weighted by Gasteiger charge is 2.13. The SMILES string of the molecule is CCCNC(CSc1ncco1)c1cccc(OC)c1. The van der Waals surface area contributed by atoms with Crippen molar-refractivity contribution in [2.75, 3.05) is 19.4 Å². The lowest BCUT2D eigenvalue weighted by atomic mass is 10.1. The Balaban J connectivity index is 2.05. The van der Waals surface area contributed by atoms with Gasteiger partial charge >= 0.3 is 0 Å². The van der Waals surface area contributed by atoms with Gasteiger partial charge in [0, 0.05) is 11.8 Å². The summed E-state index contributed by atoms with van der Waals surface area (Å²) < 4.78 is 10.6. The quantitative estimate of drug-likeness (QED) is 0.754.